The summed E-state index contributed by atoms with van der Waals surface area (Å²) in [7, 11) is 0. The molecule has 1 heterocycles. The highest BCUT2D eigenvalue weighted by atomic mass is 15.0. The first-order chi connectivity index (χ1) is 10.4. The van der Waals surface area contributed by atoms with Crippen molar-refractivity contribution in [3.8, 4) is 0 Å². The lowest BCUT2D eigenvalue weighted by Crippen LogP contribution is -2.07. The number of aromatic nitrogens is 2. The quantitative estimate of drug-likeness (QED) is 0.356. The van der Waals surface area contributed by atoms with Gasteiger partial charge in [0.25, 0.3) is 0 Å². The van der Waals surface area contributed by atoms with Gasteiger partial charge in [0.1, 0.15) is 0 Å². The maximum Gasteiger partial charge on any atom is 0.0948 e. The molecule has 0 saturated carbocycles. The van der Waals surface area contributed by atoms with E-state index in [1.165, 1.54) is 83.5 Å². The van der Waals surface area contributed by atoms with E-state index < -0.39 is 0 Å². The Kier molecular flexibility index (Phi) is 11.2. The Bertz CT molecular complexity index is 305. The summed E-state index contributed by atoms with van der Waals surface area (Å²) >= 11 is 0. The van der Waals surface area contributed by atoms with Crippen molar-refractivity contribution in [1.29, 1.82) is 0 Å². The standard InChI is InChI=1S/C19H36N2/c1-3-5-7-8-9-10-11-12-13-15-19(14-6-4-2)21-17-16-20-18-21/h16-19H,3-15H2,1-2H3. The molecule has 1 unspecified atom stereocenters. The maximum absolute atomic E-state index is 4.21. The molecule has 0 aliphatic carbocycles. The zero-order chi connectivity index (χ0) is 15.2. The molecule has 21 heavy (non-hydrogen) atoms. The third-order valence-corrected chi connectivity index (χ3v) is 4.48. The van der Waals surface area contributed by atoms with Crippen molar-refractivity contribution in [2.45, 2.75) is 103 Å². The van der Waals surface area contributed by atoms with Crippen LogP contribution >= 0.6 is 0 Å². The van der Waals surface area contributed by atoms with E-state index in [0.29, 0.717) is 6.04 Å². The molecule has 1 aromatic rings. The van der Waals surface area contributed by atoms with E-state index in [9.17, 15) is 0 Å². The predicted molar refractivity (Wildman–Crippen MR) is 92.6 cm³/mol. The summed E-state index contributed by atoms with van der Waals surface area (Å²) in [6.07, 6.45) is 24.1. The van der Waals surface area contributed by atoms with Crippen molar-refractivity contribution in [2.75, 3.05) is 0 Å². The molecular weight excluding hydrogens is 256 g/mol. The van der Waals surface area contributed by atoms with Gasteiger partial charge < -0.3 is 4.57 Å². The minimum atomic E-state index is 0.678. The molecule has 0 fully saturated rings. The molecule has 0 aliphatic heterocycles. The summed E-state index contributed by atoms with van der Waals surface area (Å²) in [6.45, 7) is 4.57. The molecule has 0 bridgehead atoms. The van der Waals surface area contributed by atoms with Gasteiger partial charge in [-0.25, -0.2) is 4.98 Å². The van der Waals surface area contributed by atoms with Gasteiger partial charge in [-0.2, -0.15) is 0 Å². The summed E-state index contributed by atoms with van der Waals surface area (Å²) in [5, 5.41) is 0. The van der Waals surface area contributed by atoms with Crippen molar-refractivity contribution in [2.24, 2.45) is 0 Å². The van der Waals surface area contributed by atoms with Crippen LogP contribution in [0.25, 0.3) is 0 Å². The molecular formula is C19H36N2. The Morgan fingerprint density at radius 3 is 1.90 bits per heavy atom. The zero-order valence-corrected chi connectivity index (χ0v) is 14.4. The van der Waals surface area contributed by atoms with Crippen molar-refractivity contribution in [3.05, 3.63) is 18.7 Å². The highest BCUT2D eigenvalue weighted by Gasteiger charge is 2.09. The van der Waals surface area contributed by atoms with Crippen LogP contribution in [0.5, 0.6) is 0 Å². The van der Waals surface area contributed by atoms with Gasteiger partial charge in [0.15, 0.2) is 0 Å². The number of rotatable bonds is 14. The number of nitrogens with zero attached hydrogens (tertiary/aromatic N) is 2. The Morgan fingerprint density at radius 2 is 1.33 bits per heavy atom. The Hall–Kier alpha value is -0.790. The van der Waals surface area contributed by atoms with Gasteiger partial charge in [0.2, 0.25) is 0 Å². The van der Waals surface area contributed by atoms with Gasteiger partial charge in [0, 0.05) is 18.4 Å². The molecule has 1 rings (SSSR count). The van der Waals surface area contributed by atoms with E-state index >= 15 is 0 Å². The van der Waals surface area contributed by atoms with Gasteiger partial charge in [-0.1, -0.05) is 84.5 Å². The number of unbranched alkanes of at least 4 members (excludes halogenated alkanes) is 9. The van der Waals surface area contributed by atoms with Gasteiger partial charge in [-0.05, 0) is 12.8 Å². The van der Waals surface area contributed by atoms with Gasteiger partial charge in [-0.15, -0.1) is 0 Å². The first kappa shape index (κ1) is 18.3. The SMILES string of the molecule is CCCCCCCCCCCC(CCCC)n1ccnc1. The minimum Gasteiger partial charge on any atom is -0.334 e. The third kappa shape index (κ3) is 8.95. The normalized spacial score (nSPS) is 12.7. The molecule has 1 atom stereocenters. The largest absolute Gasteiger partial charge is 0.334 e. The molecule has 122 valence electrons. The Balaban J connectivity index is 2.05. The van der Waals surface area contributed by atoms with E-state index in [0.717, 1.165) is 0 Å². The second-order valence-electron chi connectivity index (χ2n) is 6.42. The molecule has 0 saturated heterocycles. The minimum absolute atomic E-state index is 0.678. The summed E-state index contributed by atoms with van der Waals surface area (Å²) in [6, 6.07) is 0.678. The first-order valence-electron chi connectivity index (χ1n) is 9.36. The Labute approximate surface area is 132 Å². The predicted octanol–water partition coefficient (Wildman–Crippen LogP) is 6.54. The molecule has 0 amide bonds. The molecule has 0 aliphatic rings. The molecule has 0 aromatic carbocycles. The number of imidazole rings is 1. The van der Waals surface area contributed by atoms with Gasteiger partial charge in [-0.3, -0.25) is 0 Å². The van der Waals surface area contributed by atoms with Crippen LogP contribution in [0, 0.1) is 0 Å². The second-order valence-corrected chi connectivity index (χ2v) is 6.42. The zero-order valence-electron chi connectivity index (χ0n) is 14.4. The van der Waals surface area contributed by atoms with Crippen LogP contribution in [0.4, 0.5) is 0 Å². The van der Waals surface area contributed by atoms with Crippen molar-refractivity contribution < 1.29 is 0 Å². The fourth-order valence-electron chi connectivity index (χ4n) is 3.06. The van der Waals surface area contributed by atoms with Crippen molar-refractivity contribution >= 4 is 0 Å². The van der Waals surface area contributed by atoms with Crippen molar-refractivity contribution in [1.82, 2.24) is 9.55 Å². The average molecular weight is 293 g/mol. The van der Waals surface area contributed by atoms with E-state index in [1.807, 2.05) is 12.5 Å². The molecule has 2 nitrogen and oxygen atoms in total. The molecule has 0 radical (unpaired) electrons. The van der Waals surface area contributed by atoms with E-state index in [2.05, 4.69) is 29.6 Å². The smallest absolute Gasteiger partial charge is 0.0948 e. The summed E-state index contributed by atoms with van der Waals surface area (Å²) < 4.78 is 2.32. The van der Waals surface area contributed by atoms with E-state index in [4.69, 9.17) is 0 Å². The second kappa shape index (κ2) is 12.9. The lowest BCUT2D eigenvalue weighted by atomic mass is 10.0. The monoisotopic (exact) mass is 292 g/mol. The van der Waals surface area contributed by atoms with Crippen LogP contribution in [-0.2, 0) is 0 Å². The van der Waals surface area contributed by atoms with Crippen LogP contribution in [0.1, 0.15) is 103 Å². The van der Waals surface area contributed by atoms with Gasteiger partial charge >= 0.3 is 0 Å². The molecule has 2 heteroatoms. The summed E-state index contributed by atoms with van der Waals surface area (Å²) in [5.74, 6) is 0. The van der Waals surface area contributed by atoms with Gasteiger partial charge in [0.05, 0.1) is 6.33 Å². The highest BCUT2D eigenvalue weighted by Crippen LogP contribution is 2.22. The van der Waals surface area contributed by atoms with Crippen LogP contribution in [-0.4, -0.2) is 9.55 Å². The van der Waals surface area contributed by atoms with Crippen LogP contribution < -0.4 is 0 Å². The Morgan fingerprint density at radius 1 is 0.762 bits per heavy atom. The topological polar surface area (TPSA) is 17.8 Å². The van der Waals surface area contributed by atoms with Crippen LogP contribution in [0.2, 0.25) is 0 Å². The number of hydrogen-bond acceptors (Lipinski definition) is 1. The third-order valence-electron chi connectivity index (χ3n) is 4.48. The van der Waals surface area contributed by atoms with Crippen molar-refractivity contribution in [3.63, 3.8) is 0 Å². The summed E-state index contributed by atoms with van der Waals surface area (Å²) in [5.41, 5.74) is 0. The maximum atomic E-state index is 4.21. The molecule has 0 N–H and O–H groups in total. The first-order valence-corrected chi connectivity index (χ1v) is 9.36. The summed E-state index contributed by atoms with van der Waals surface area (Å²) in [4.78, 5) is 4.21. The lowest BCUT2D eigenvalue weighted by molar-refractivity contribution is 0.400. The van der Waals surface area contributed by atoms with E-state index in [1.54, 1.807) is 0 Å². The van der Waals surface area contributed by atoms with Crippen LogP contribution in [0.3, 0.4) is 0 Å². The number of hydrogen-bond donors (Lipinski definition) is 0. The van der Waals surface area contributed by atoms with E-state index in [-0.39, 0.29) is 0 Å². The highest BCUT2D eigenvalue weighted by molar-refractivity contribution is 4.80. The molecule has 1 aromatic heterocycles. The molecule has 0 spiro atoms. The lowest BCUT2D eigenvalue weighted by Gasteiger charge is -2.18. The van der Waals surface area contributed by atoms with Crippen LogP contribution in [0.15, 0.2) is 18.7 Å². The fourth-order valence-corrected chi connectivity index (χ4v) is 3.06. The fraction of sp³-hybridized carbons (Fsp3) is 0.842. The average Bonchev–Trinajstić information content (AvgIpc) is 3.02.